The SMILES string of the molecule is CCC(C)c1ccc2c(c1)-c1ccccc1C2. The smallest absolute Gasteiger partial charge is 0.00135 e. The first-order valence-corrected chi connectivity index (χ1v) is 6.50. The highest BCUT2D eigenvalue weighted by Gasteiger charge is 2.18. The average Bonchev–Trinajstić information content (AvgIpc) is 2.75. The van der Waals surface area contributed by atoms with Gasteiger partial charge < -0.3 is 0 Å². The van der Waals surface area contributed by atoms with E-state index in [9.17, 15) is 0 Å². The highest BCUT2D eigenvalue weighted by molar-refractivity contribution is 5.77. The molecule has 0 aromatic heterocycles. The summed E-state index contributed by atoms with van der Waals surface area (Å²) in [6.07, 6.45) is 2.31. The van der Waals surface area contributed by atoms with Crippen LogP contribution in [-0.4, -0.2) is 0 Å². The Kier molecular flexibility index (Phi) is 2.51. The summed E-state index contributed by atoms with van der Waals surface area (Å²) in [6, 6.07) is 15.8. The van der Waals surface area contributed by atoms with E-state index < -0.39 is 0 Å². The van der Waals surface area contributed by atoms with E-state index in [0.717, 1.165) is 6.42 Å². The van der Waals surface area contributed by atoms with Crippen molar-refractivity contribution in [3.05, 3.63) is 59.2 Å². The molecule has 0 spiro atoms. The van der Waals surface area contributed by atoms with Gasteiger partial charge in [-0.15, -0.1) is 0 Å². The van der Waals surface area contributed by atoms with Gasteiger partial charge in [-0.3, -0.25) is 0 Å². The van der Waals surface area contributed by atoms with E-state index in [4.69, 9.17) is 0 Å². The molecule has 0 amide bonds. The van der Waals surface area contributed by atoms with Crippen LogP contribution < -0.4 is 0 Å². The fourth-order valence-corrected chi connectivity index (χ4v) is 2.68. The highest BCUT2D eigenvalue weighted by Crippen LogP contribution is 2.38. The van der Waals surface area contributed by atoms with Crippen molar-refractivity contribution in [3.8, 4) is 11.1 Å². The molecule has 1 aliphatic rings. The highest BCUT2D eigenvalue weighted by atomic mass is 14.2. The van der Waals surface area contributed by atoms with Crippen LogP contribution in [0, 0.1) is 0 Å². The van der Waals surface area contributed by atoms with Crippen molar-refractivity contribution in [2.24, 2.45) is 0 Å². The van der Waals surface area contributed by atoms with Crippen LogP contribution in [0.3, 0.4) is 0 Å². The van der Waals surface area contributed by atoms with Gasteiger partial charge in [-0.05, 0) is 46.6 Å². The first kappa shape index (κ1) is 10.6. The van der Waals surface area contributed by atoms with Crippen molar-refractivity contribution in [3.63, 3.8) is 0 Å². The Morgan fingerprint density at radius 3 is 2.59 bits per heavy atom. The lowest BCUT2D eigenvalue weighted by Gasteiger charge is -2.11. The van der Waals surface area contributed by atoms with Gasteiger partial charge in [0.25, 0.3) is 0 Å². The van der Waals surface area contributed by atoms with Gasteiger partial charge in [-0.2, -0.15) is 0 Å². The molecule has 0 fully saturated rings. The van der Waals surface area contributed by atoms with Crippen molar-refractivity contribution in [2.45, 2.75) is 32.6 Å². The molecule has 2 aromatic rings. The maximum Gasteiger partial charge on any atom is -0.00135 e. The maximum absolute atomic E-state index is 2.40. The van der Waals surface area contributed by atoms with Crippen LogP contribution in [0.2, 0.25) is 0 Å². The van der Waals surface area contributed by atoms with Crippen molar-refractivity contribution in [1.82, 2.24) is 0 Å². The predicted octanol–water partition coefficient (Wildman–Crippen LogP) is 4.77. The number of fused-ring (bicyclic) bond motifs is 3. The minimum absolute atomic E-state index is 0.660. The summed E-state index contributed by atoms with van der Waals surface area (Å²) in [5.41, 5.74) is 7.33. The molecule has 0 nitrogen and oxygen atoms in total. The molecule has 3 rings (SSSR count). The molecule has 0 heterocycles. The molecule has 1 atom stereocenters. The van der Waals surface area contributed by atoms with Gasteiger partial charge in [0.05, 0.1) is 0 Å². The molecule has 1 aliphatic carbocycles. The van der Waals surface area contributed by atoms with Gasteiger partial charge in [0.1, 0.15) is 0 Å². The Hall–Kier alpha value is -1.56. The topological polar surface area (TPSA) is 0 Å². The van der Waals surface area contributed by atoms with Crippen molar-refractivity contribution in [2.75, 3.05) is 0 Å². The van der Waals surface area contributed by atoms with E-state index >= 15 is 0 Å². The molecule has 86 valence electrons. The summed E-state index contributed by atoms with van der Waals surface area (Å²) < 4.78 is 0. The third-order valence-corrected chi connectivity index (χ3v) is 4.00. The Morgan fingerprint density at radius 2 is 1.76 bits per heavy atom. The zero-order chi connectivity index (χ0) is 11.8. The fourth-order valence-electron chi connectivity index (χ4n) is 2.68. The van der Waals surface area contributed by atoms with E-state index in [1.54, 1.807) is 0 Å². The molecular formula is C17H18. The Balaban J connectivity index is 2.11. The van der Waals surface area contributed by atoms with E-state index in [2.05, 4.69) is 56.3 Å². The lowest BCUT2D eigenvalue weighted by Crippen LogP contribution is -1.92. The van der Waals surface area contributed by atoms with Crippen molar-refractivity contribution in [1.29, 1.82) is 0 Å². The zero-order valence-electron chi connectivity index (χ0n) is 10.5. The molecule has 0 radical (unpaired) electrons. The Labute approximate surface area is 103 Å². The summed E-state index contributed by atoms with van der Waals surface area (Å²) in [6.45, 7) is 4.56. The summed E-state index contributed by atoms with van der Waals surface area (Å²) in [5.74, 6) is 0.660. The molecule has 0 aliphatic heterocycles. The van der Waals surface area contributed by atoms with Crippen molar-refractivity contribution < 1.29 is 0 Å². The summed E-state index contributed by atoms with van der Waals surface area (Å²) >= 11 is 0. The molecule has 0 heteroatoms. The number of rotatable bonds is 2. The van der Waals surface area contributed by atoms with Crippen LogP contribution in [-0.2, 0) is 6.42 Å². The maximum atomic E-state index is 2.40. The molecule has 0 N–H and O–H groups in total. The van der Waals surface area contributed by atoms with Crippen LogP contribution in [0.4, 0.5) is 0 Å². The molecule has 2 aromatic carbocycles. The van der Waals surface area contributed by atoms with Gasteiger partial charge in [-0.1, -0.05) is 56.3 Å². The zero-order valence-corrected chi connectivity index (χ0v) is 10.5. The second kappa shape index (κ2) is 4.03. The fraction of sp³-hybridized carbons (Fsp3) is 0.294. The van der Waals surface area contributed by atoms with E-state index in [0.29, 0.717) is 5.92 Å². The number of hydrogen-bond acceptors (Lipinski definition) is 0. The molecule has 0 saturated carbocycles. The summed E-state index contributed by atoms with van der Waals surface area (Å²) in [7, 11) is 0. The third kappa shape index (κ3) is 1.68. The lowest BCUT2D eigenvalue weighted by molar-refractivity contribution is 0.733. The van der Waals surface area contributed by atoms with Gasteiger partial charge in [-0.25, -0.2) is 0 Å². The van der Waals surface area contributed by atoms with Crippen LogP contribution in [0.25, 0.3) is 11.1 Å². The van der Waals surface area contributed by atoms with Gasteiger partial charge >= 0.3 is 0 Å². The third-order valence-electron chi connectivity index (χ3n) is 4.00. The predicted molar refractivity (Wildman–Crippen MR) is 73.4 cm³/mol. The number of hydrogen-bond donors (Lipinski definition) is 0. The second-order valence-corrected chi connectivity index (χ2v) is 5.06. The monoisotopic (exact) mass is 222 g/mol. The minimum Gasteiger partial charge on any atom is -0.0648 e. The van der Waals surface area contributed by atoms with E-state index in [1.807, 2.05) is 0 Å². The van der Waals surface area contributed by atoms with Gasteiger partial charge in [0.15, 0.2) is 0 Å². The first-order chi connectivity index (χ1) is 8.29. The molecular weight excluding hydrogens is 204 g/mol. The van der Waals surface area contributed by atoms with E-state index in [1.165, 1.54) is 34.2 Å². The molecule has 17 heavy (non-hydrogen) atoms. The summed E-state index contributed by atoms with van der Waals surface area (Å²) in [5, 5.41) is 0. The van der Waals surface area contributed by atoms with Gasteiger partial charge in [0.2, 0.25) is 0 Å². The molecule has 0 saturated heterocycles. The van der Waals surface area contributed by atoms with Crippen molar-refractivity contribution >= 4 is 0 Å². The number of benzene rings is 2. The lowest BCUT2D eigenvalue weighted by atomic mass is 9.94. The Morgan fingerprint density at radius 1 is 1.00 bits per heavy atom. The standard InChI is InChI=1S/C17H18/c1-3-12(2)13-8-9-15-10-14-6-4-5-7-16(14)17(15)11-13/h4-9,11-12H,3,10H2,1-2H3. The van der Waals surface area contributed by atoms with Crippen LogP contribution in [0.15, 0.2) is 42.5 Å². The van der Waals surface area contributed by atoms with Crippen LogP contribution in [0.1, 0.15) is 42.9 Å². The second-order valence-electron chi connectivity index (χ2n) is 5.06. The molecule has 1 unspecified atom stereocenters. The molecule has 0 bridgehead atoms. The largest absolute Gasteiger partial charge is 0.0648 e. The van der Waals surface area contributed by atoms with E-state index in [-0.39, 0.29) is 0 Å². The Bertz CT molecular complexity index is 552. The normalized spacial score (nSPS) is 14.2. The van der Waals surface area contributed by atoms with Crippen LogP contribution in [0.5, 0.6) is 0 Å². The van der Waals surface area contributed by atoms with Gasteiger partial charge in [0, 0.05) is 0 Å². The average molecular weight is 222 g/mol. The quantitative estimate of drug-likeness (QED) is 0.586. The first-order valence-electron chi connectivity index (χ1n) is 6.50. The summed E-state index contributed by atoms with van der Waals surface area (Å²) in [4.78, 5) is 0. The van der Waals surface area contributed by atoms with Crippen LogP contribution >= 0.6 is 0 Å². The minimum atomic E-state index is 0.660.